The van der Waals surface area contributed by atoms with E-state index in [1.165, 1.54) is 6.21 Å². The predicted molar refractivity (Wildman–Crippen MR) is 127 cm³/mol. The van der Waals surface area contributed by atoms with E-state index < -0.39 is 11.8 Å². The molecule has 170 valence electrons. The lowest BCUT2D eigenvalue weighted by Crippen LogP contribution is -2.37. The number of nitrogens with one attached hydrogen (secondary N) is 2. The second-order valence-corrected chi connectivity index (χ2v) is 7.36. The fourth-order valence-corrected chi connectivity index (χ4v) is 2.93. The number of hydrazone groups is 1. The first kappa shape index (κ1) is 23.8. The number of nitrogens with zero attached hydrogens (tertiary/aromatic N) is 1. The molecular formula is C25H24ClN3O4. The summed E-state index contributed by atoms with van der Waals surface area (Å²) >= 11 is 5.83. The van der Waals surface area contributed by atoms with Crippen LogP contribution in [0.4, 0.5) is 0 Å². The molecule has 0 saturated heterocycles. The van der Waals surface area contributed by atoms with Gasteiger partial charge in [-0.3, -0.25) is 9.59 Å². The third-order valence-corrected chi connectivity index (χ3v) is 4.71. The van der Waals surface area contributed by atoms with Crippen LogP contribution in [0.5, 0.6) is 11.5 Å². The highest BCUT2D eigenvalue weighted by Crippen LogP contribution is 2.28. The number of benzene rings is 3. The summed E-state index contributed by atoms with van der Waals surface area (Å²) in [5, 5.41) is 6.98. The van der Waals surface area contributed by atoms with Gasteiger partial charge in [0.2, 0.25) is 0 Å². The highest BCUT2D eigenvalue weighted by molar-refractivity contribution is 6.35. The first-order valence-corrected chi connectivity index (χ1v) is 10.7. The molecule has 2 N–H and O–H groups in total. The molecule has 0 aliphatic carbocycles. The van der Waals surface area contributed by atoms with Crippen molar-refractivity contribution in [3.63, 3.8) is 0 Å². The summed E-state index contributed by atoms with van der Waals surface area (Å²) < 4.78 is 11.5. The molecule has 0 radical (unpaired) electrons. The molecule has 3 aromatic carbocycles. The molecule has 0 saturated carbocycles. The highest BCUT2D eigenvalue weighted by atomic mass is 35.5. The molecule has 0 fully saturated rings. The van der Waals surface area contributed by atoms with Gasteiger partial charge in [0.25, 0.3) is 0 Å². The van der Waals surface area contributed by atoms with E-state index in [0.29, 0.717) is 35.3 Å². The predicted octanol–water partition coefficient (Wildman–Crippen LogP) is 4.08. The van der Waals surface area contributed by atoms with E-state index in [0.717, 1.165) is 11.1 Å². The van der Waals surface area contributed by atoms with Crippen molar-refractivity contribution in [1.82, 2.24) is 10.7 Å². The average molecular weight is 466 g/mol. The molecule has 0 heterocycles. The van der Waals surface area contributed by atoms with Crippen molar-refractivity contribution in [3.8, 4) is 11.5 Å². The Hall–Kier alpha value is -3.84. The third-order valence-electron chi connectivity index (χ3n) is 4.46. The SMILES string of the molecule is CCOc1cc(/C=N/NC(=O)C(=O)NCc2ccc(Cl)cc2)ccc1OCc1ccccc1. The van der Waals surface area contributed by atoms with Crippen LogP contribution in [0.1, 0.15) is 23.6 Å². The Balaban J connectivity index is 1.53. The van der Waals surface area contributed by atoms with Gasteiger partial charge >= 0.3 is 11.8 Å². The molecule has 33 heavy (non-hydrogen) atoms. The Morgan fingerprint density at radius 3 is 2.39 bits per heavy atom. The average Bonchev–Trinajstić information content (AvgIpc) is 2.83. The van der Waals surface area contributed by atoms with Gasteiger partial charge in [-0.1, -0.05) is 54.1 Å². The molecule has 7 nitrogen and oxygen atoms in total. The van der Waals surface area contributed by atoms with E-state index >= 15 is 0 Å². The van der Waals surface area contributed by atoms with Crippen LogP contribution in [0.25, 0.3) is 0 Å². The van der Waals surface area contributed by atoms with Crippen LogP contribution < -0.4 is 20.2 Å². The minimum absolute atomic E-state index is 0.204. The van der Waals surface area contributed by atoms with Crippen LogP contribution in [0, 0.1) is 0 Å². The van der Waals surface area contributed by atoms with Crippen LogP contribution in [0.3, 0.4) is 0 Å². The van der Waals surface area contributed by atoms with Crippen molar-refractivity contribution in [2.75, 3.05) is 6.61 Å². The van der Waals surface area contributed by atoms with Crippen LogP contribution in [-0.2, 0) is 22.7 Å². The molecule has 8 heteroatoms. The highest BCUT2D eigenvalue weighted by Gasteiger charge is 2.12. The second kappa shape index (κ2) is 12.3. The number of ether oxygens (including phenoxy) is 2. The number of hydrogen-bond donors (Lipinski definition) is 2. The summed E-state index contributed by atoms with van der Waals surface area (Å²) in [6.45, 7) is 2.96. The Morgan fingerprint density at radius 1 is 0.909 bits per heavy atom. The maximum Gasteiger partial charge on any atom is 0.329 e. The van der Waals surface area contributed by atoms with Gasteiger partial charge in [-0.25, -0.2) is 5.43 Å². The van der Waals surface area contributed by atoms with E-state index in [9.17, 15) is 9.59 Å². The molecule has 0 atom stereocenters. The summed E-state index contributed by atoms with van der Waals surface area (Å²) in [5.74, 6) is -0.497. The fourth-order valence-electron chi connectivity index (χ4n) is 2.81. The number of halogens is 1. The van der Waals surface area contributed by atoms with Gasteiger partial charge in [0.05, 0.1) is 12.8 Å². The van der Waals surface area contributed by atoms with Crippen LogP contribution in [0.2, 0.25) is 5.02 Å². The smallest absolute Gasteiger partial charge is 0.329 e. The Labute approximate surface area is 197 Å². The first-order valence-electron chi connectivity index (χ1n) is 10.3. The Morgan fingerprint density at radius 2 is 1.67 bits per heavy atom. The van der Waals surface area contributed by atoms with E-state index in [2.05, 4.69) is 15.8 Å². The maximum atomic E-state index is 11.9. The Kier molecular flexibility index (Phi) is 8.85. The summed E-state index contributed by atoms with van der Waals surface area (Å²) in [5.41, 5.74) is 4.75. The number of hydrogen-bond acceptors (Lipinski definition) is 5. The van der Waals surface area contributed by atoms with Crippen molar-refractivity contribution in [2.45, 2.75) is 20.1 Å². The quantitative estimate of drug-likeness (QED) is 0.283. The zero-order valence-corrected chi connectivity index (χ0v) is 18.8. The van der Waals surface area contributed by atoms with E-state index in [1.807, 2.05) is 37.3 Å². The second-order valence-electron chi connectivity index (χ2n) is 6.92. The fraction of sp³-hybridized carbons (Fsp3) is 0.160. The van der Waals surface area contributed by atoms with Crippen molar-refractivity contribution in [3.05, 3.63) is 94.5 Å². The van der Waals surface area contributed by atoms with Gasteiger partial charge < -0.3 is 14.8 Å². The largest absolute Gasteiger partial charge is 0.490 e. The lowest BCUT2D eigenvalue weighted by Gasteiger charge is -2.12. The molecule has 0 aliphatic heterocycles. The molecule has 3 rings (SSSR count). The van der Waals surface area contributed by atoms with Crippen LogP contribution in [-0.4, -0.2) is 24.6 Å². The van der Waals surface area contributed by atoms with Gasteiger partial charge in [0.1, 0.15) is 6.61 Å². The van der Waals surface area contributed by atoms with Gasteiger partial charge in [0.15, 0.2) is 11.5 Å². The molecule has 3 aromatic rings. The van der Waals surface area contributed by atoms with Gasteiger partial charge in [-0.2, -0.15) is 5.10 Å². The van der Waals surface area contributed by atoms with Crippen LogP contribution in [0.15, 0.2) is 77.9 Å². The zero-order valence-electron chi connectivity index (χ0n) is 18.1. The molecule has 0 spiro atoms. The minimum Gasteiger partial charge on any atom is -0.490 e. The number of amides is 2. The van der Waals surface area contributed by atoms with Crippen molar-refractivity contribution in [1.29, 1.82) is 0 Å². The molecule has 0 aliphatic rings. The number of carbonyl (C=O) groups is 2. The third kappa shape index (κ3) is 7.66. The normalized spacial score (nSPS) is 10.6. The molecule has 0 aromatic heterocycles. The summed E-state index contributed by atoms with van der Waals surface area (Å²) in [4.78, 5) is 23.9. The summed E-state index contributed by atoms with van der Waals surface area (Å²) in [6, 6.07) is 22.1. The van der Waals surface area contributed by atoms with Crippen molar-refractivity contribution in [2.24, 2.45) is 5.10 Å². The summed E-state index contributed by atoms with van der Waals surface area (Å²) in [6.07, 6.45) is 1.42. The topological polar surface area (TPSA) is 89.0 Å². The lowest BCUT2D eigenvalue weighted by atomic mass is 10.2. The van der Waals surface area contributed by atoms with Crippen molar-refractivity contribution < 1.29 is 19.1 Å². The van der Waals surface area contributed by atoms with Crippen molar-refractivity contribution >= 4 is 29.6 Å². The first-order chi connectivity index (χ1) is 16.0. The maximum absolute atomic E-state index is 11.9. The number of carbonyl (C=O) groups excluding carboxylic acids is 2. The van der Waals surface area contributed by atoms with E-state index in [-0.39, 0.29) is 6.54 Å². The monoisotopic (exact) mass is 465 g/mol. The van der Waals surface area contributed by atoms with E-state index in [4.69, 9.17) is 21.1 Å². The van der Waals surface area contributed by atoms with Gasteiger partial charge in [-0.05, 0) is 53.9 Å². The van der Waals surface area contributed by atoms with Crippen LogP contribution >= 0.6 is 11.6 Å². The Bertz CT molecular complexity index is 1100. The molecule has 0 bridgehead atoms. The lowest BCUT2D eigenvalue weighted by molar-refractivity contribution is -0.139. The molecular weight excluding hydrogens is 442 g/mol. The zero-order chi connectivity index (χ0) is 23.5. The van der Waals surface area contributed by atoms with E-state index in [1.54, 1.807) is 42.5 Å². The standard InChI is InChI=1S/C25H24ClN3O4/c1-2-32-23-14-20(10-13-22(23)33-17-19-6-4-3-5-7-19)16-28-29-25(31)24(30)27-15-18-8-11-21(26)12-9-18/h3-14,16H,2,15,17H2,1H3,(H,27,30)(H,29,31)/b28-16+. The minimum atomic E-state index is -0.868. The van der Waals surface area contributed by atoms with Gasteiger partial charge in [-0.15, -0.1) is 0 Å². The van der Waals surface area contributed by atoms with Gasteiger partial charge in [0, 0.05) is 11.6 Å². The molecule has 2 amide bonds. The number of rotatable bonds is 9. The summed E-state index contributed by atoms with van der Waals surface area (Å²) in [7, 11) is 0. The molecule has 0 unspecified atom stereocenters.